The van der Waals surface area contributed by atoms with E-state index in [1.165, 1.54) is 0 Å². The quantitative estimate of drug-likeness (QED) is 0.835. The Labute approximate surface area is 95.9 Å². The fourth-order valence-electron chi connectivity index (χ4n) is 1.12. The Bertz CT molecular complexity index is 386. The lowest BCUT2D eigenvalue weighted by Crippen LogP contribution is -2.35. The van der Waals surface area contributed by atoms with Gasteiger partial charge in [0.2, 0.25) is 0 Å². The molecule has 3 heteroatoms. The zero-order chi connectivity index (χ0) is 11.5. The van der Waals surface area contributed by atoms with Gasteiger partial charge in [-0.05, 0) is 38.5 Å². The molecular weight excluding hydrogens is 208 g/mol. The third-order valence-electron chi connectivity index (χ3n) is 1.99. The van der Waals surface area contributed by atoms with Gasteiger partial charge in [0.25, 0.3) is 0 Å². The van der Waals surface area contributed by atoms with Crippen LogP contribution in [0.1, 0.15) is 31.9 Å². The van der Waals surface area contributed by atoms with Crippen LogP contribution in [-0.2, 0) is 6.54 Å². The van der Waals surface area contributed by atoms with Crippen molar-refractivity contribution in [1.82, 2.24) is 5.32 Å². The molecular formula is C12H15ClN2. The van der Waals surface area contributed by atoms with Crippen molar-refractivity contribution in [3.8, 4) is 6.07 Å². The normalized spacial score (nSPS) is 11.1. The van der Waals surface area contributed by atoms with Crippen molar-refractivity contribution in [1.29, 1.82) is 5.26 Å². The fraction of sp³-hybridized carbons (Fsp3) is 0.417. The van der Waals surface area contributed by atoms with Crippen LogP contribution in [-0.4, -0.2) is 5.54 Å². The van der Waals surface area contributed by atoms with E-state index in [4.69, 9.17) is 16.9 Å². The molecule has 1 rings (SSSR count). The monoisotopic (exact) mass is 222 g/mol. The van der Waals surface area contributed by atoms with Gasteiger partial charge in [0, 0.05) is 17.1 Å². The van der Waals surface area contributed by atoms with Crippen LogP contribution >= 0.6 is 11.6 Å². The van der Waals surface area contributed by atoms with Crippen LogP contribution in [0, 0.1) is 11.3 Å². The maximum absolute atomic E-state index is 8.69. The molecule has 0 unspecified atom stereocenters. The molecule has 0 aliphatic heterocycles. The summed E-state index contributed by atoms with van der Waals surface area (Å²) < 4.78 is 0. The van der Waals surface area contributed by atoms with Gasteiger partial charge >= 0.3 is 0 Å². The minimum atomic E-state index is 0.0667. The van der Waals surface area contributed by atoms with E-state index in [-0.39, 0.29) is 5.54 Å². The first-order valence-corrected chi connectivity index (χ1v) is 5.24. The van der Waals surface area contributed by atoms with Crippen LogP contribution in [0.15, 0.2) is 18.2 Å². The van der Waals surface area contributed by atoms with E-state index in [0.29, 0.717) is 17.1 Å². The Morgan fingerprint density at radius 1 is 1.40 bits per heavy atom. The number of rotatable bonds is 2. The summed E-state index contributed by atoms with van der Waals surface area (Å²) in [5.41, 5.74) is 1.68. The maximum atomic E-state index is 8.69. The number of nitrogens with zero attached hydrogens (tertiary/aromatic N) is 1. The first-order valence-electron chi connectivity index (χ1n) is 4.86. The maximum Gasteiger partial charge on any atom is 0.0992 e. The van der Waals surface area contributed by atoms with Gasteiger partial charge in [-0.15, -0.1) is 0 Å². The molecule has 0 heterocycles. The molecule has 1 N–H and O–H groups in total. The van der Waals surface area contributed by atoms with Crippen molar-refractivity contribution >= 4 is 11.6 Å². The standard InChI is InChI=1S/C12H15ClN2/c1-12(2,3)15-8-10-5-4-9(7-14)6-11(10)13/h4-6,15H,8H2,1-3H3. The number of hydrogen-bond acceptors (Lipinski definition) is 2. The molecule has 0 radical (unpaired) electrons. The zero-order valence-corrected chi connectivity index (χ0v) is 10.0. The van der Waals surface area contributed by atoms with Crippen molar-refractivity contribution in [3.63, 3.8) is 0 Å². The number of nitrogens with one attached hydrogen (secondary N) is 1. The molecule has 0 amide bonds. The molecule has 0 bridgehead atoms. The molecule has 2 nitrogen and oxygen atoms in total. The van der Waals surface area contributed by atoms with E-state index in [9.17, 15) is 0 Å². The highest BCUT2D eigenvalue weighted by atomic mass is 35.5. The van der Waals surface area contributed by atoms with Crippen LogP contribution in [0.25, 0.3) is 0 Å². The lowest BCUT2D eigenvalue weighted by Gasteiger charge is -2.20. The second kappa shape index (κ2) is 4.65. The van der Waals surface area contributed by atoms with Gasteiger partial charge in [-0.2, -0.15) is 5.26 Å². The average Bonchev–Trinajstić information content (AvgIpc) is 2.14. The van der Waals surface area contributed by atoms with E-state index in [1.807, 2.05) is 6.07 Å². The van der Waals surface area contributed by atoms with Gasteiger partial charge in [0.15, 0.2) is 0 Å². The molecule has 1 aromatic rings. The van der Waals surface area contributed by atoms with Gasteiger partial charge in [-0.3, -0.25) is 0 Å². The van der Waals surface area contributed by atoms with Crippen LogP contribution < -0.4 is 5.32 Å². The molecule has 1 aromatic carbocycles. The summed E-state index contributed by atoms with van der Waals surface area (Å²) >= 11 is 6.05. The summed E-state index contributed by atoms with van der Waals surface area (Å²) in [7, 11) is 0. The molecule has 80 valence electrons. The van der Waals surface area contributed by atoms with Crippen molar-refractivity contribution < 1.29 is 0 Å². The molecule has 0 aromatic heterocycles. The third-order valence-corrected chi connectivity index (χ3v) is 2.34. The summed E-state index contributed by atoms with van der Waals surface area (Å²) in [5.74, 6) is 0. The predicted molar refractivity (Wildman–Crippen MR) is 62.8 cm³/mol. The highest BCUT2D eigenvalue weighted by Gasteiger charge is 2.09. The number of hydrogen-bond donors (Lipinski definition) is 1. The Morgan fingerprint density at radius 3 is 2.53 bits per heavy atom. The van der Waals surface area contributed by atoms with E-state index in [1.54, 1.807) is 12.1 Å². The number of nitriles is 1. The van der Waals surface area contributed by atoms with E-state index >= 15 is 0 Å². The molecule has 0 aliphatic rings. The summed E-state index contributed by atoms with van der Waals surface area (Å²) in [6, 6.07) is 7.43. The molecule has 0 aliphatic carbocycles. The van der Waals surface area contributed by atoms with Gasteiger partial charge < -0.3 is 5.32 Å². The van der Waals surface area contributed by atoms with E-state index in [2.05, 4.69) is 32.2 Å². The van der Waals surface area contributed by atoms with Crippen LogP contribution in [0.4, 0.5) is 0 Å². The van der Waals surface area contributed by atoms with E-state index in [0.717, 1.165) is 5.56 Å². The SMILES string of the molecule is CC(C)(C)NCc1ccc(C#N)cc1Cl. The fourth-order valence-corrected chi connectivity index (χ4v) is 1.37. The molecule has 0 spiro atoms. The first kappa shape index (κ1) is 12.0. The minimum Gasteiger partial charge on any atom is -0.308 e. The third kappa shape index (κ3) is 3.91. The Kier molecular flexibility index (Phi) is 3.73. The van der Waals surface area contributed by atoms with E-state index < -0.39 is 0 Å². The molecule has 0 fully saturated rings. The van der Waals surface area contributed by atoms with Gasteiger partial charge in [-0.1, -0.05) is 17.7 Å². The highest BCUT2D eigenvalue weighted by molar-refractivity contribution is 6.31. The van der Waals surface area contributed by atoms with Crippen LogP contribution in [0.2, 0.25) is 5.02 Å². The van der Waals surface area contributed by atoms with Crippen molar-refractivity contribution in [2.75, 3.05) is 0 Å². The van der Waals surface area contributed by atoms with Crippen LogP contribution in [0.5, 0.6) is 0 Å². The zero-order valence-electron chi connectivity index (χ0n) is 9.26. The Hall–Kier alpha value is -1.04. The van der Waals surface area contributed by atoms with Crippen molar-refractivity contribution in [2.24, 2.45) is 0 Å². The van der Waals surface area contributed by atoms with Crippen molar-refractivity contribution in [2.45, 2.75) is 32.9 Å². The van der Waals surface area contributed by atoms with Crippen LogP contribution in [0.3, 0.4) is 0 Å². The lowest BCUT2D eigenvalue weighted by molar-refractivity contribution is 0.424. The van der Waals surface area contributed by atoms with Gasteiger partial charge in [0.1, 0.15) is 0 Å². The summed E-state index contributed by atoms with van der Waals surface area (Å²) in [6.07, 6.45) is 0. The molecule has 0 atom stereocenters. The Balaban J connectivity index is 2.76. The average molecular weight is 223 g/mol. The minimum absolute atomic E-state index is 0.0667. The highest BCUT2D eigenvalue weighted by Crippen LogP contribution is 2.18. The lowest BCUT2D eigenvalue weighted by atomic mass is 10.1. The largest absolute Gasteiger partial charge is 0.308 e. The second-order valence-electron chi connectivity index (χ2n) is 4.52. The second-order valence-corrected chi connectivity index (χ2v) is 4.93. The Morgan fingerprint density at radius 2 is 2.07 bits per heavy atom. The van der Waals surface area contributed by atoms with Gasteiger partial charge in [0.05, 0.1) is 11.6 Å². The predicted octanol–water partition coefficient (Wildman–Crippen LogP) is 3.10. The smallest absolute Gasteiger partial charge is 0.0992 e. The summed E-state index contributed by atoms with van der Waals surface area (Å²) in [6.45, 7) is 7.02. The van der Waals surface area contributed by atoms with Crippen molar-refractivity contribution in [3.05, 3.63) is 34.3 Å². The summed E-state index contributed by atoms with van der Waals surface area (Å²) in [5, 5.41) is 12.7. The number of halogens is 1. The number of benzene rings is 1. The summed E-state index contributed by atoms with van der Waals surface area (Å²) in [4.78, 5) is 0. The first-order chi connectivity index (χ1) is 6.92. The van der Waals surface area contributed by atoms with Gasteiger partial charge in [-0.25, -0.2) is 0 Å². The molecule has 0 saturated carbocycles. The molecule has 15 heavy (non-hydrogen) atoms. The molecule has 0 saturated heterocycles. The topological polar surface area (TPSA) is 35.8 Å².